The largest absolute Gasteiger partial charge is 0.351 e. The van der Waals surface area contributed by atoms with Gasteiger partial charge in [-0.2, -0.15) is 0 Å². The number of ether oxygens (including phenoxy) is 2. The summed E-state index contributed by atoms with van der Waals surface area (Å²) >= 11 is 0. The Morgan fingerprint density at radius 1 is 1.11 bits per heavy atom. The summed E-state index contributed by atoms with van der Waals surface area (Å²) in [5.74, 6) is 0. The molecule has 0 amide bonds. The Balaban J connectivity index is 2.91. The average molecular weight is 251 g/mol. The number of rotatable bonds is 8. The first-order valence-electron chi connectivity index (χ1n) is 6.76. The minimum atomic E-state index is -0.234. The van der Waals surface area contributed by atoms with E-state index in [0.717, 1.165) is 6.54 Å². The number of aryl methyl sites for hydroxylation is 1. The van der Waals surface area contributed by atoms with Gasteiger partial charge in [0.05, 0.1) is 6.04 Å². The van der Waals surface area contributed by atoms with E-state index in [0.29, 0.717) is 13.2 Å². The van der Waals surface area contributed by atoms with E-state index in [1.54, 1.807) is 0 Å². The highest BCUT2D eigenvalue weighted by atomic mass is 16.7. The maximum Gasteiger partial charge on any atom is 0.176 e. The first-order valence-corrected chi connectivity index (χ1v) is 6.76. The molecular formula is C15H25NO2. The first kappa shape index (κ1) is 15.2. The van der Waals surface area contributed by atoms with Crippen molar-refractivity contribution in [3.63, 3.8) is 0 Å². The molecule has 0 saturated carbocycles. The van der Waals surface area contributed by atoms with Gasteiger partial charge in [0.1, 0.15) is 0 Å². The van der Waals surface area contributed by atoms with Crippen molar-refractivity contribution < 1.29 is 9.47 Å². The van der Waals surface area contributed by atoms with Gasteiger partial charge in [0, 0.05) is 13.2 Å². The van der Waals surface area contributed by atoms with Crippen LogP contribution in [0.15, 0.2) is 24.3 Å². The number of nitrogens with one attached hydrogen (secondary N) is 1. The summed E-state index contributed by atoms with van der Waals surface area (Å²) in [5.41, 5.74) is 2.46. The van der Waals surface area contributed by atoms with E-state index < -0.39 is 0 Å². The molecule has 0 aromatic heterocycles. The third kappa shape index (κ3) is 4.41. The minimum absolute atomic E-state index is 0.0785. The molecule has 3 heteroatoms. The second-order valence-corrected chi connectivity index (χ2v) is 4.23. The van der Waals surface area contributed by atoms with Crippen LogP contribution in [0.4, 0.5) is 0 Å². The van der Waals surface area contributed by atoms with Gasteiger partial charge in [-0.05, 0) is 32.9 Å². The lowest BCUT2D eigenvalue weighted by Crippen LogP contribution is -2.36. The van der Waals surface area contributed by atoms with Crippen molar-refractivity contribution in [1.82, 2.24) is 5.32 Å². The zero-order chi connectivity index (χ0) is 13.4. The molecule has 18 heavy (non-hydrogen) atoms. The van der Waals surface area contributed by atoms with E-state index in [-0.39, 0.29) is 12.3 Å². The van der Waals surface area contributed by atoms with Gasteiger partial charge in [-0.25, -0.2) is 0 Å². The van der Waals surface area contributed by atoms with Gasteiger partial charge in [-0.15, -0.1) is 0 Å². The van der Waals surface area contributed by atoms with Crippen LogP contribution in [0, 0.1) is 6.92 Å². The second kappa shape index (κ2) is 8.25. The third-order valence-corrected chi connectivity index (χ3v) is 2.76. The summed E-state index contributed by atoms with van der Waals surface area (Å²) in [6.45, 7) is 10.4. The van der Waals surface area contributed by atoms with Crippen LogP contribution in [-0.4, -0.2) is 26.0 Å². The van der Waals surface area contributed by atoms with Gasteiger partial charge in [-0.3, -0.25) is 0 Å². The summed E-state index contributed by atoms with van der Waals surface area (Å²) in [6, 6.07) is 8.55. The van der Waals surface area contributed by atoms with E-state index in [4.69, 9.17) is 9.47 Å². The molecule has 0 saturated heterocycles. The zero-order valence-corrected chi connectivity index (χ0v) is 11.9. The van der Waals surface area contributed by atoms with Crippen LogP contribution in [0.1, 0.15) is 37.9 Å². The Morgan fingerprint density at radius 2 is 1.78 bits per heavy atom. The number of likely N-dealkylation sites (N-methyl/N-ethyl adjacent to an activating group) is 1. The van der Waals surface area contributed by atoms with Crippen LogP contribution in [0.25, 0.3) is 0 Å². The molecule has 0 heterocycles. The third-order valence-electron chi connectivity index (χ3n) is 2.76. The topological polar surface area (TPSA) is 30.5 Å². The zero-order valence-electron chi connectivity index (χ0n) is 11.9. The van der Waals surface area contributed by atoms with Crippen molar-refractivity contribution in [3.05, 3.63) is 35.4 Å². The minimum Gasteiger partial charge on any atom is -0.351 e. The molecule has 0 bridgehead atoms. The fourth-order valence-electron chi connectivity index (χ4n) is 2.02. The smallest absolute Gasteiger partial charge is 0.176 e. The lowest BCUT2D eigenvalue weighted by atomic mass is 10.0. The number of hydrogen-bond donors (Lipinski definition) is 1. The summed E-state index contributed by atoms with van der Waals surface area (Å²) < 4.78 is 11.4. The molecule has 0 radical (unpaired) electrons. The molecule has 0 fully saturated rings. The van der Waals surface area contributed by atoms with Crippen LogP contribution in [-0.2, 0) is 9.47 Å². The van der Waals surface area contributed by atoms with Crippen LogP contribution in [0.2, 0.25) is 0 Å². The Labute approximate surface area is 110 Å². The Hall–Kier alpha value is -0.900. The standard InChI is InChI=1S/C15H25NO2/c1-5-16-14(15(17-6-2)18-7-3)13-10-8-9-12(4)11-13/h8-11,14-16H,5-7H2,1-4H3. The molecule has 1 aromatic carbocycles. The fourth-order valence-corrected chi connectivity index (χ4v) is 2.02. The monoisotopic (exact) mass is 251 g/mol. The molecule has 1 N–H and O–H groups in total. The Morgan fingerprint density at radius 3 is 2.28 bits per heavy atom. The van der Waals surface area contributed by atoms with Crippen molar-refractivity contribution in [2.24, 2.45) is 0 Å². The van der Waals surface area contributed by atoms with Gasteiger partial charge in [0.25, 0.3) is 0 Å². The van der Waals surface area contributed by atoms with Crippen LogP contribution < -0.4 is 5.32 Å². The maximum absolute atomic E-state index is 5.71. The predicted octanol–water partition coefficient (Wildman–Crippen LogP) is 3.04. The molecule has 1 rings (SSSR count). The number of benzene rings is 1. The van der Waals surface area contributed by atoms with Crippen molar-refractivity contribution in [2.75, 3.05) is 19.8 Å². The molecule has 0 aliphatic heterocycles. The molecular weight excluding hydrogens is 226 g/mol. The van der Waals surface area contributed by atoms with Gasteiger partial charge in [0.2, 0.25) is 0 Å². The van der Waals surface area contributed by atoms with Crippen LogP contribution >= 0.6 is 0 Å². The SMILES string of the molecule is CCNC(c1cccc(C)c1)C(OCC)OCC. The van der Waals surface area contributed by atoms with Crippen molar-refractivity contribution in [2.45, 2.75) is 40.0 Å². The molecule has 0 aliphatic carbocycles. The molecule has 1 atom stereocenters. The first-order chi connectivity index (χ1) is 8.72. The van der Waals surface area contributed by atoms with Crippen molar-refractivity contribution in [3.8, 4) is 0 Å². The highest BCUT2D eigenvalue weighted by Gasteiger charge is 2.23. The van der Waals surface area contributed by atoms with Gasteiger partial charge in [0.15, 0.2) is 6.29 Å². The lowest BCUT2D eigenvalue weighted by molar-refractivity contribution is -0.155. The van der Waals surface area contributed by atoms with E-state index in [2.05, 4.69) is 43.4 Å². The lowest BCUT2D eigenvalue weighted by Gasteiger charge is -2.28. The normalized spacial score (nSPS) is 12.9. The quantitative estimate of drug-likeness (QED) is 0.720. The summed E-state index contributed by atoms with van der Waals surface area (Å²) in [5, 5.41) is 3.45. The average Bonchev–Trinajstić information content (AvgIpc) is 2.36. The molecule has 1 unspecified atom stereocenters. The maximum atomic E-state index is 5.71. The van der Waals surface area contributed by atoms with Gasteiger partial charge < -0.3 is 14.8 Å². The molecule has 0 spiro atoms. The highest BCUT2D eigenvalue weighted by molar-refractivity contribution is 5.25. The summed E-state index contributed by atoms with van der Waals surface area (Å²) in [6.07, 6.45) is -0.234. The van der Waals surface area contributed by atoms with Gasteiger partial charge in [-0.1, -0.05) is 36.8 Å². The molecule has 0 aliphatic rings. The van der Waals surface area contributed by atoms with Gasteiger partial charge >= 0.3 is 0 Å². The van der Waals surface area contributed by atoms with E-state index >= 15 is 0 Å². The fraction of sp³-hybridized carbons (Fsp3) is 0.600. The Bertz CT molecular complexity index is 335. The second-order valence-electron chi connectivity index (χ2n) is 4.23. The molecule has 102 valence electrons. The Kier molecular flexibility index (Phi) is 6.94. The summed E-state index contributed by atoms with van der Waals surface area (Å²) in [7, 11) is 0. The van der Waals surface area contributed by atoms with Crippen LogP contribution in [0.3, 0.4) is 0 Å². The highest BCUT2D eigenvalue weighted by Crippen LogP contribution is 2.21. The molecule has 1 aromatic rings. The van der Waals surface area contributed by atoms with Crippen LogP contribution in [0.5, 0.6) is 0 Å². The predicted molar refractivity (Wildman–Crippen MR) is 74.6 cm³/mol. The van der Waals surface area contributed by atoms with Crippen molar-refractivity contribution in [1.29, 1.82) is 0 Å². The van der Waals surface area contributed by atoms with E-state index in [1.165, 1.54) is 11.1 Å². The number of hydrogen-bond acceptors (Lipinski definition) is 3. The van der Waals surface area contributed by atoms with Crippen molar-refractivity contribution >= 4 is 0 Å². The summed E-state index contributed by atoms with van der Waals surface area (Å²) in [4.78, 5) is 0. The van der Waals surface area contributed by atoms with E-state index in [9.17, 15) is 0 Å². The van der Waals surface area contributed by atoms with E-state index in [1.807, 2.05) is 13.8 Å². The molecule has 3 nitrogen and oxygen atoms in total.